The number of aliphatic hydroxyl groups excluding tert-OH is 1. The SMILES string of the molecule is COC1CCC(Nc2ncc(C#N)c(N[C@@H]3CCC[C@@H](O)C3)n2)CC1. The summed E-state index contributed by atoms with van der Waals surface area (Å²) in [4.78, 5) is 8.81. The molecule has 0 amide bonds. The summed E-state index contributed by atoms with van der Waals surface area (Å²) in [7, 11) is 1.77. The fourth-order valence-electron chi connectivity index (χ4n) is 3.76. The van der Waals surface area contributed by atoms with Crippen LogP contribution < -0.4 is 10.6 Å². The predicted octanol–water partition coefficient (Wildman–Crippen LogP) is 2.43. The van der Waals surface area contributed by atoms with Gasteiger partial charge in [0, 0.05) is 19.2 Å². The maximum Gasteiger partial charge on any atom is 0.224 e. The van der Waals surface area contributed by atoms with Crippen LogP contribution in [0.25, 0.3) is 0 Å². The lowest BCUT2D eigenvalue weighted by molar-refractivity contribution is 0.0681. The standard InChI is InChI=1S/C18H27N5O2/c1-25-16-7-5-13(6-8-16)22-18-20-11-12(10-19)17(23-18)21-14-3-2-4-15(24)9-14/h11,13-16,24H,2-9H2,1H3,(H2,20,21,22,23)/t13?,14-,15-,16?/m1/s1. The first-order valence-electron chi connectivity index (χ1n) is 9.19. The summed E-state index contributed by atoms with van der Waals surface area (Å²) in [5, 5.41) is 25.9. The van der Waals surface area contributed by atoms with Crippen LogP contribution in [0.1, 0.15) is 56.9 Å². The second-order valence-electron chi connectivity index (χ2n) is 7.08. The number of hydrogen-bond donors (Lipinski definition) is 3. The molecule has 0 bridgehead atoms. The highest BCUT2D eigenvalue weighted by Gasteiger charge is 2.23. The highest BCUT2D eigenvalue weighted by molar-refractivity contribution is 5.54. The Labute approximate surface area is 148 Å². The van der Waals surface area contributed by atoms with Crippen LogP contribution in [0.3, 0.4) is 0 Å². The van der Waals surface area contributed by atoms with E-state index in [1.807, 2.05) is 0 Å². The number of nitrogens with one attached hydrogen (secondary N) is 2. The number of nitriles is 1. The Kier molecular flexibility index (Phi) is 6.05. The average molecular weight is 345 g/mol. The number of anilines is 2. The van der Waals surface area contributed by atoms with Crippen molar-refractivity contribution in [3.63, 3.8) is 0 Å². The van der Waals surface area contributed by atoms with Crippen LogP contribution in [0, 0.1) is 11.3 Å². The number of methoxy groups -OCH3 is 1. The van der Waals surface area contributed by atoms with Crippen molar-refractivity contribution in [3.05, 3.63) is 11.8 Å². The summed E-state index contributed by atoms with van der Waals surface area (Å²) in [6.45, 7) is 0. The minimum atomic E-state index is -0.271. The van der Waals surface area contributed by atoms with Crippen LogP contribution in [-0.2, 0) is 4.74 Å². The lowest BCUT2D eigenvalue weighted by Crippen LogP contribution is -2.31. The molecule has 1 heterocycles. The molecule has 0 aromatic carbocycles. The first-order valence-corrected chi connectivity index (χ1v) is 9.19. The average Bonchev–Trinajstić information content (AvgIpc) is 2.63. The molecule has 3 rings (SSSR count). The first kappa shape index (κ1) is 17.9. The maximum atomic E-state index is 9.84. The van der Waals surface area contributed by atoms with Crippen LogP contribution in [0.15, 0.2) is 6.20 Å². The molecule has 0 unspecified atom stereocenters. The molecule has 1 aromatic heterocycles. The van der Waals surface area contributed by atoms with Gasteiger partial charge < -0.3 is 20.5 Å². The zero-order valence-electron chi connectivity index (χ0n) is 14.7. The Morgan fingerprint density at radius 2 is 1.96 bits per heavy atom. The van der Waals surface area contributed by atoms with E-state index in [4.69, 9.17) is 4.74 Å². The van der Waals surface area contributed by atoms with E-state index >= 15 is 0 Å². The van der Waals surface area contributed by atoms with Gasteiger partial charge in [-0.25, -0.2) is 4.98 Å². The van der Waals surface area contributed by atoms with Crippen molar-refractivity contribution in [2.45, 2.75) is 75.7 Å². The third kappa shape index (κ3) is 4.80. The lowest BCUT2D eigenvalue weighted by Gasteiger charge is -2.29. The van der Waals surface area contributed by atoms with Gasteiger partial charge in [-0.1, -0.05) is 0 Å². The van der Waals surface area contributed by atoms with Gasteiger partial charge in [-0.2, -0.15) is 10.2 Å². The van der Waals surface area contributed by atoms with E-state index < -0.39 is 0 Å². The minimum absolute atomic E-state index is 0.149. The number of ether oxygens (including phenoxy) is 1. The highest BCUT2D eigenvalue weighted by atomic mass is 16.5. The molecule has 0 radical (unpaired) electrons. The van der Waals surface area contributed by atoms with E-state index in [0.29, 0.717) is 35.9 Å². The molecule has 7 nitrogen and oxygen atoms in total. The molecular formula is C18H27N5O2. The maximum absolute atomic E-state index is 9.84. The van der Waals surface area contributed by atoms with Gasteiger partial charge in [-0.3, -0.25) is 0 Å². The van der Waals surface area contributed by atoms with Crippen LogP contribution in [-0.4, -0.2) is 46.5 Å². The van der Waals surface area contributed by atoms with Gasteiger partial charge in [0.05, 0.1) is 18.4 Å². The van der Waals surface area contributed by atoms with Crippen molar-refractivity contribution in [2.24, 2.45) is 0 Å². The minimum Gasteiger partial charge on any atom is -0.393 e. The third-order valence-corrected chi connectivity index (χ3v) is 5.24. The Bertz CT molecular complexity index is 610. The molecule has 0 saturated heterocycles. The van der Waals surface area contributed by atoms with Crippen molar-refractivity contribution in [1.29, 1.82) is 5.26 Å². The number of nitrogens with zero attached hydrogens (tertiary/aromatic N) is 3. The Morgan fingerprint density at radius 3 is 2.64 bits per heavy atom. The molecule has 2 atom stereocenters. The Hall–Kier alpha value is -1.91. The van der Waals surface area contributed by atoms with Crippen molar-refractivity contribution in [3.8, 4) is 6.07 Å². The number of rotatable bonds is 5. The number of aliphatic hydroxyl groups is 1. The van der Waals surface area contributed by atoms with Crippen molar-refractivity contribution in [2.75, 3.05) is 17.7 Å². The van der Waals surface area contributed by atoms with Crippen LogP contribution in [0.2, 0.25) is 0 Å². The van der Waals surface area contributed by atoms with Crippen LogP contribution in [0.5, 0.6) is 0 Å². The summed E-state index contributed by atoms with van der Waals surface area (Å²) in [6.07, 6.45) is 9.29. The van der Waals surface area contributed by atoms with Crippen molar-refractivity contribution < 1.29 is 9.84 Å². The zero-order valence-corrected chi connectivity index (χ0v) is 14.7. The van der Waals surface area contributed by atoms with E-state index in [2.05, 4.69) is 26.7 Å². The lowest BCUT2D eigenvalue weighted by atomic mass is 9.93. The molecule has 2 aliphatic carbocycles. The Balaban J connectivity index is 1.64. The van der Waals surface area contributed by atoms with Gasteiger partial charge in [0.25, 0.3) is 0 Å². The molecule has 7 heteroatoms. The molecule has 136 valence electrons. The second-order valence-corrected chi connectivity index (χ2v) is 7.08. The van der Waals surface area contributed by atoms with E-state index in [-0.39, 0.29) is 12.1 Å². The molecule has 3 N–H and O–H groups in total. The summed E-state index contributed by atoms with van der Waals surface area (Å²) in [6, 6.07) is 2.63. The van der Waals surface area contributed by atoms with Crippen molar-refractivity contribution in [1.82, 2.24) is 9.97 Å². The second kappa shape index (κ2) is 8.45. The molecule has 25 heavy (non-hydrogen) atoms. The largest absolute Gasteiger partial charge is 0.393 e. The van der Waals surface area contributed by atoms with Gasteiger partial charge in [0.2, 0.25) is 5.95 Å². The van der Waals surface area contributed by atoms with Crippen LogP contribution >= 0.6 is 0 Å². The summed E-state index contributed by atoms with van der Waals surface area (Å²) >= 11 is 0. The quantitative estimate of drug-likeness (QED) is 0.753. The molecule has 1 aromatic rings. The van der Waals surface area contributed by atoms with Crippen molar-refractivity contribution >= 4 is 11.8 Å². The van der Waals surface area contributed by atoms with Gasteiger partial charge in [-0.15, -0.1) is 0 Å². The third-order valence-electron chi connectivity index (χ3n) is 5.24. The van der Waals surface area contributed by atoms with Gasteiger partial charge in [0.1, 0.15) is 17.5 Å². The molecule has 2 fully saturated rings. The highest BCUT2D eigenvalue weighted by Crippen LogP contribution is 2.25. The first-order chi connectivity index (χ1) is 12.2. The van der Waals surface area contributed by atoms with Crippen LogP contribution in [0.4, 0.5) is 11.8 Å². The topological polar surface area (TPSA) is 103 Å². The molecule has 0 spiro atoms. The molecular weight excluding hydrogens is 318 g/mol. The zero-order chi connectivity index (χ0) is 17.6. The summed E-state index contributed by atoms with van der Waals surface area (Å²) in [5.74, 6) is 1.11. The van der Waals surface area contributed by atoms with Gasteiger partial charge >= 0.3 is 0 Å². The summed E-state index contributed by atoms with van der Waals surface area (Å²) in [5.41, 5.74) is 0.439. The smallest absolute Gasteiger partial charge is 0.224 e. The van der Waals surface area contributed by atoms with Gasteiger partial charge in [0.15, 0.2) is 0 Å². The number of aromatic nitrogens is 2. The fraction of sp³-hybridized carbons (Fsp3) is 0.722. The monoisotopic (exact) mass is 345 g/mol. The van der Waals surface area contributed by atoms with Gasteiger partial charge in [-0.05, 0) is 51.4 Å². The van der Waals surface area contributed by atoms with E-state index in [9.17, 15) is 10.4 Å². The van der Waals surface area contributed by atoms with E-state index in [1.165, 1.54) is 0 Å². The normalized spacial score (nSPS) is 29.6. The fourth-order valence-corrected chi connectivity index (χ4v) is 3.76. The summed E-state index contributed by atoms with van der Waals surface area (Å²) < 4.78 is 5.41. The molecule has 2 saturated carbocycles. The molecule has 2 aliphatic rings. The molecule has 0 aliphatic heterocycles. The number of hydrogen-bond acceptors (Lipinski definition) is 7. The predicted molar refractivity (Wildman–Crippen MR) is 95.3 cm³/mol. The van der Waals surface area contributed by atoms with E-state index in [0.717, 1.165) is 44.9 Å². The Morgan fingerprint density at radius 1 is 1.16 bits per heavy atom. The van der Waals surface area contributed by atoms with E-state index in [1.54, 1.807) is 13.3 Å².